The van der Waals surface area contributed by atoms with Crippen LogP contribution in [-0.4, -0.2) is 35.8 Å². The summed E-state index contributed by atoms with van der Waals surface area (Å²) in [6, 6.07) is 2.93. The topological polar surface area (TPSA) is 97.5 Å². The van der Waals surface area contributed by atoms with Gasteiger partial charge in [-0.25, -0.2) is 9.78 Å². The Kier molecular flexibility index (Phi) is 4.57. The van der Waals surface area contributed by atoms with Crippen LogP contribution < -0.4 is 11.1 Å². The smallest absolute Gasteiger partial charge is 0.354 e. The number of rotatable bonds is 8. The van der Waals surface area contributed by atoms with Crippen molar-refractivity contribution in [3.05, 3.63) is 17.8 Å². The van der Waals surface area contributed by atoms with Crippen LogP contribution in [0.5, 0.6) is 0 Å². The van der Waals surface area contributed by atoms with Gasteiger partial charge in [-0.1, -0.05) is 0 Å². The number of carbonyl (C=O) groups is 1. The lowest BCUT2D eigenvalue weighted by Gasteiger charge is -2.09. The molecule has 6 heteroatoms. The number of nitrogen functional groups attached to an aromatic ring is 1. The number of aromatic nitrogens is 1. The maximum atomic E-state index is 10.8. The zero-order valence-corrected chi connectivity index (χ0v) is 10.8. The molecule has 0 unspecified atom stereocenters. The molecule has 0 atom stereocenters. The van der Waals surface area contributed by atoms with Gasteiger partial charge in [-0.15, -0.1) is 0 Å². The molecule has 1 fully saturated rings. The van der Waals surface area contributed by atoms with Gasteiger partial charge in [-0.05, 0) is 37.3 Å². The van der Waals surface area contributed by atoms with Crippen molar-refractivity contribution in [2.45, 2.75) is 19.3 Å². The first-order chi connectivity index (χ1) is 9.16. The van der Waals surface area contributed by atoms with Gasteiger partial charge in [-0.3, -0.25) is 0 Å². The Balaban J connectivity index is 1.71. The van der Waals surface area contributed by atoms with Crippen molar-refractivity contribution >= 4 is 17.5 Å². The number of carboxylic acids is 1. The van der Waals surface area contributed by atoms with Crippen molar-refractivity contribution in [3.63, 3.8) is 0 Å². The molecule has 1 aromatic rings. The second-order valence-corrected chi connectivity index (χ2v) is 4.74. The van der Waals surface area contributed by atoms with Gasteiger partial charge < -0.3 is 20.9 Å². The highest BCUT2D eigenvalue weighted by Crippen LogP contribution is 2.28. The van der Waals surface area contributed by atoms with Crippen LogP contribution in [0.2, 0.25) is 0 Å². The van der Waals surface area contributed by atoms with E-state index in [1.54, 1.807) is 6.07 Å². The normalized spacial score (nSPS) is 14.3. The van der Waals surface area contributed by atoms with E-state index < -0.39 is 5.97 Å². The van der Waals surface area contributed by atoms with Crippen molar-refractivity contribution in [1.82, 2.24) is 4.98 Å². The van der Waals surface area contributed by atoms with E-state index in [1.165, 1.54) is 18.9 Å². The van der Waals surface area contributed by atoms with E-state index >= 15 is 0 Å². The fourth-order valence-corrected chi connectivity index (χ4v) is 1.65. The lowest BCUT2D eigenvalue weighted by molar-refractivity contribution is 0.0690. The lowest BCUT2D eigenvalue weighted by atomic mass is 10.3. The Hall–Kier alpha value is -1.82. The Morgan fingerprint density at radius 1 is 1.53 bits per heavy atom. The Bertz CT molecular complexity index is 447. The number of nitrogens with one attached hydrogen (secondary N) is 1. The molecule has 6 nitrogen and oxygen atoms in total. The number of aromatic carboxylic acids is 1. The zero-order chi connectivity index (χ0) is 13.7. The van der Waals surface area contributed by atoms with Crippen molar-refractivity contribution in [1.29, 1.82) is 0 Å². The highest BCUT2D eigenvalue weighted by Gasteiger charge is 2.20. The first kappa shape index (κ1) is 13.6. The summed E-state index contributed by atoms with van der Waals surface area (Å²) in [5, 5.41) is 11.9. The molecule has 1 aliphatic rings. The van der Waals surface area contributed by atoms with Crippen molar-refractivity contribution in [3.8, 4) is 0 Å². The van der Waals surface area contributed by atoms with Crippen LogP contribution in [0, 0.1) is 5.92 Å². The highest BCUT2D eigenvalue weighted by molar-refractivity contribution is 5.86. The second-order valence-electron chi connectivity index (χ2n) is 4.74. The summed E-state index contributed by atoms with van der Waals surface area (Å²) >= 11 is 0. The predicted octanol–water partition coefficient (Wildman–Crippen LogP) is 1.59. The van der Waals surface area contributed by atoms with Gasteiger partial charge in [0.2, 0.25) is 0 Å². The summed E-state index contributed by atoms with van der Waals surface area (Å²) < 4.78 is 5.50. The number of pyridine rings is 1. The lowest BCUT2D eigenvalue weighted by Crippen LogP contribution is -2.11. The fraction of sp³-hybridized carbons (Fsp3) is 0.538. The molecule has 104 valence electrons. The van der Waals surface area contributed by atoms with Crippen LogP contribution in [0.3, 0.4) is 0 Å². The molecule has 0 bridgehead atoms. The van der Waals surface area contributed by atoms with Crippen LogP contribution in [0.4, 0.5) is 11.5 Å². The van der Waals surface area contributed by atoms with Crippen LogP contribution in [-0.2, 0) is 4.74 Å². The molecule has 2 rings (SSSR count). The monoisotopic (exact) mass is 265 g/mol. The summed E-state index contributed by atoms with van der Waals surface area (Å²) in [7, 11) is 0. The van der Waals surface area contributed by atoms with E-state index in [9.17, 15) is 4.79 Å². The molecular formula is C13H19N3O3. The summed E-state index contributed by atoms with van der Waals surface area (Å²) in [4.78, 5) is 14.7. The maximum Gasteiger partial charge on any atom is 0.354 e. The minimum atomic E-state index is -1.06. The minimum absolute atomic E-state index is 0.0123. The van der Waals surface area contributed by atoms with Gasteiger partial charge in [0.1, 0.15) is 5.82 Å². The highest BCUT2D eigenvalue weighted by atomic mass is 16.5. The average molecular weight is 265 g/mol. The molecule has 1 heterocycles. The quantitative estimate of drug-likeness (QED) is 0.617. The third kappa shape index (κ3) is 4.40. The molecule has 1 aromatic heterocycles. The summed E-state index contributed by atoms with van der Waals surface area (Å²) in [5.41, 5.74) is 6.17. The molecule has 1 saturated carbocycles. The molecule has 1 aliphatic carbocycles. The third-order valence-corrected chi connectivity index (χ3v) is 2.95. The molecule has 0 aromatic carbocycles. The van der Waals surface area contributed by atoms with Gasteiger partial charge in [-0.2, -0.15) is 0 Å². The number of hydrogen-bond donors (Lipinski definition) is 3. The Labute approximate surface area is 112 Å². The SMILES string of the molecule is Nc1ccc(C(=O)O)nc1NCCCOCC1CC1. The zero-order valence-electron chi connectivity index (χ0n) is 10.8. The Morgan fingerprint density at radius 3 is 3.00 bits per heavy atom. The molecule has 0 aliphatic heterocycles. The number of hydrogen-bond acceptors (Lipinski definition) is 5. The largest absolute Gasteiger partial charge is 0.477 e. The molecule has 0 radical (unpaired) electrons. The van der Waals surface area contributed by atoms with Gasteiger partial charge >= 0.3 is 5.97 Å². The minimum Gasteiger partial charge on any atom is -0.477 e. The van der Waals surface area contributed by atoms with Gasteiger partial charge in [0.05, 0.1) is 5.69 Å². The van der Waals surface area contributed by atoms with Gasteiger partial charge in [0, 0.05) is 19.8 Å². The predicted molar refractivity (Wildman–Crippen MR) is 72.3 cm³/mol. The summed E-state index contributed by atoms with van der Waals surface area (Å²) in [6.07, 6.45) is 3.42. The standard InChI is InChI=1S/C13H19N3O3/c14-10-4-5-11(13(17)18)16-12(10)15-6-1-7-19-8-9-2-3-9/h4-5,9H,1-3,6-8,14H2,(H,15,16)(H,17,18). The maximum absolute atomic E-state index is 10.8. The van der Waals surface area contributed by atoms with Crippen LogP contribution in [0.25, 0.3) is 0 Å². The van der Waals surface area contributed by atoms with Crippen LogP contribution in [0.1, 0.15) is 29.8 Å². The number of nitrogens with two attached hydrogens (primary N) is 1. The summed E-state index contributed by atoms with van der Waals surface area (Å²) in [6.45, 7) is 2.21. The molecule has 0 spiro atoms. The summed E-state index contributed by atoms with van der Waals surface area (Å²) in [5.74, 6) is 0.135. The van der Waals surface area contributed by atoms with Crippen LogP contribution >= 0.6 is 0 Å². The number of nitrogens with zero attached hydrogens (tertiary/aromatic N) is 1. The molecule has 4 N–H and O–H groups in total. The van der Waals surface area contributed by atoms with Gasteiger partial charge in [0.25, 0.3) is 0 Å². The average Bonchev–Trinajstić information content (AvgIpc) is 3.19. The first-order valence-corrected chi connectivity index (χ1v) is 6.48. The number of anilines is 2. The van der Waals surface area contributed by atoms with Crippen molar-refractivity contribution in [2.24, 2.45) is 5.92 Å². The van der Waals surface area contributed by atoms with E-state index in [1.807, 2.05) is 0 Å². The van der Waals surface area contributed by atoms with Gasteiger partial charge in [0.15, 0.2) is 5.69 Å². The van der Waals surface area contributed by atoms with Crippen molar-refractivity contribution in [2.75, 3.05) is 30.8 Å². The van der Waals surface area contributed by atoms with E-state index in [0.717, 1.165) is 18.9 Å². The van der Waals surface area contributed by atoms with E-state index in [4.69, 9.17) is 15.6 Å². The fourth-order valence-electron chi connectivity index (χ4n) is 1.65. The number of carboxylic acid groups (broad SMARTS) is 1. The van der Waals surface area contributed by atoms with E-state index in [0.29, 0.717) is 24.7 Å². The van der Waals surface area contributed by atoms with Crippen molar-refractivity contribution < 1.29 is 14.6 Å². The third-order valence-electron chi connectivity index (χ3n) is 2.95. The molecule has 0 saturated heterocycles. The Morgan fingerprint density at radius 2 is 2.32 bits per heavy atom. The second kappa shape index (κ2) is 6.38. The molecular weight excluding hydrogens is 246 g/mol. The number of ether oxygens (including phenoxy) is 1. The first-order valence-electron chi connectivity index (χ1n) is 6.48. The van der Waals surface area contributed by atoms with Crippen LogP contribution in [0.15, 0.2) is 12.1 Å². The molecule has 0 amide bonds. The van der Waals surface area contributed by atoms with E-state index in [-0.39, 0.29) is 5.69 Å². The molecule has 19 heavy (non-hydrogen) atoms. The van der Waals surface area contributed by atoms with E-state index in [2.05, 4.69) is 10.3 Å².